The van der Waals surface area contributed by atoms with Crippen LogP contribution in [0.3, 0.4) is 0 Å². The lowest BCUT2D eigenvalue weighted by molar-refractivity contribution is 0.259. The van der Waals surface area contributed by atoms with Crippen LogP contribution in [0.15, 0.2) is 54.6 Å². The minimum absolute atomic E-state index is 0.164. The van der Waals surface area contributed by atoms with Crippen LogP contribution in [0, 0.1) is 5.82 Å². The fraction of sp³-hybridized carbons (Fsp3) is 0.368. The molecular formula is C19H23FN2. The summed E-state index contributed by atoms with van der Waals surface area (Å²) in [6.07, 6.45) is 2.22. The van der Waals surface area contributed by atoms with E-state index in [2.05, 4.69) is 40.5 Å². The molecule has 1 unspecified atom stereocenters. The van der Waals surface area contributed by atoms with Gasteiger partial charge < -0.3 is 5.32 Å². The van der Waals surface area contributed by atoms with Crippen molar-refractivity contribution < 1.29 is 4.39 Å². The van der Waals surface area contributed by atoms with Gasteiger partial charge >= 0.3 is 0 Å². The van der Waals surface area contributed by atoms with Crippen molar-refractivity contribution in [2.75, 3.05) is 19.6 Å². The van der Waals surface area contributed by atoms with E-state index in [0.29, 0.717) is 6.04 Å². The second-order valence-corrected chi connectivity index (χ2v) is 6.06. The van der Waals surface area contributed by atoms with Gasteiger partial charge in [0.15, 0.2) is 0 Å². The predicted octanol–water partition coefficient (Wildman–Crippen LogP) is 3.23. The molecule has 2 aromatic carbocycles. The van der Waals surface area contributed by atoms with Crippen molar-refractivity contribution in [2.45, 2.75) is 25.4 Å². The van der Waals surface area contributed by atoms with Crippen LogP contribution in [-0.4, -0.2) is 30.6 Å². The highest BCUT2D eigenvalue weighted by Crippen LogP contribution is 2.12. The van der Waals surface area contributed by atoms with Gasteiger partial charge in [-0.05, 0) is 49.2 Å². The molecule has 1 heterocycles. The molecule has 116 valence electrons. The van der Waals surface area contributed by atoms with Gasteiger partial charge in [-0.2, -0.15) is 0 Å². The minimum Gasteiger partial charge on any atom is -0.312 e. The van der Waals surface area contributed by atoms with Gasteiger partial charge in [0, 0.05) is 19.1 Å². The van der Waals surface area contributed by atoms with E-state index in [-0.39, 0.29) is 5.82 Å². The first-order valence-electron chi connectivity index (χ1n) is 8.04. The normalized spacial score (nSPS) is 19.8. The van der Waals surface area contributed by atoms with Gasteiger partial charge in [0.25, 0.3) is 0 Å². The number of halogens is 1. The Labute approximate surface area is 132 Å². The summed E-state index contributed by atoms with van der Waals surface area (Å²) in [5, 5.41) is 3.65. The van der Waals surface area contributed by atoms with Gasteiger partial charge in [-0.3, -0.25) is 4.90 Å². The molecule has 3 rings (SSSR count). The Morgan fingerprint density at radius 1 is 1.00 bits per heavy atom. The largest absolute Gasteiger partial charge is 0.312 e. The van der Waals surface area contributed by atoms with Crippen molar-refractivity contribution in [3.05, 3.63) is 71.5 Å². The highest BCUT2D eigenvalue weighted by Gasteiger charge is 2.18. The molecule has 2 aromatic rings. The molecule has 0 aliphatic carbocycles. The van der Waals surface area contributed by atoms with Crippen molar-refractivity contribution in [3.8, 4) is 0 Å². The molecule has 2 nitrogen and oxygen atoms in total. The summed E-state index contributed by atoms with van der Waals surface area (Å²) in [5.74, 6) is -0.164. The first kappa shape index (κ1) is 15.2. The van der Waals surface area contributed by atoms with E-state index in [0.717, 1.165) is 39.0 Å². The Hall–Kier alpha value is -1.71. The monoisotopic (exact) mass is 298 g/mol. The molecule has 0 spiro atoms. The highest BCUT2D eigenvalue weighted by atomic mass is 19.1. The van der Waals surface area contributed by atoms with E-state index in [1.807, 2.05) is 12.1 Å². The molecule has 1 saturated heterocycles. The zero-order valence-electron chi connectivity index (χ0n) is 12.8. The lowest BCUT2D eigenvalue weighted by atomic mass is 10.1. The molecule has 0 aromatic heterocycles. The van der Waals surface area contributed by atoms with Crippen molar-refractivity contribution >= 4 is 0 Å². The second-order valence-electron chi connectivity index (χ2n) is 6.06. The number of nitrogens with one attached hydrogen (secondary N) is 1. The molecule has 1 N–H and O–H groups in total. The third kappa shape index (κ3) is 4.39. The SMILES string of the molecule is Fc1ccc(CN2CCCNC(Cc3ccccc3)C2)cc1. The van der Waals surface area contributed by atoms with E-state index < -0.39 is 0 Å². The number of hydrogen-bond acceptors (Lipinski definition) is 2. The van der Waals surface area contributed by atoms with Crippen molar-refractivity contribution in [1.29, 1.82) is 0 Å². The van der Waals surface area contributed by atoms with Gasteiger partial charge in [-0.25, -0.2) is 4.39 Å². The Balaban J connectivity index is 1.61. The first-order chi connectivity index (χ1) is 10.8. The fourth-order valence-electron chi connectivity index (χ4n) is 3.10. The molecule has 0 bridgehead atoms. The van der Waals surface area contributed by atoms with Crippen molar-refractivity contribution in [3.63, 3.8) is 0 Å². The maximum absolute atomic E-state index is 13.0. The average molecular weight is 298 g/mol. The number of benzene rings is 2. The maximum atomic E-state index is 13.0. The first-order valence-corrected chi connectivity index (χ1v) is 8.04. The van der Waals surface area contributed by atoms with Gasteiger partial charge in [-0.1, -0.05) is 42.5 Å². The summed E-state index contributed by atoms with van der Waals surface area (Å²) in [5.41, 5.74) is 2.56. The predicted molar refractivity (Wildman–Crippen MR) is 88.2 cm³/mol. The van der Waals surface area contributed by atoms with Gasteiger partial charge in [-0.15, -0.1) is 0 Å². The quantitative estimate of drug-likeness (QED) is 0.932. The molecule has 1 aliphatic heterocycles. The number of rotatable bonds is 4. The van der Waals surface area contributed by atoms with Crippen LogP contribution in [-0.2, 0) is 13.0 Å². The Morgan fingerprint density at radius 3 is 2.55 bits per heavy atom. The number of hydrogen-bond donors (Lipinski definition) is 1. The topological polar surface area (TPSA) is 15.3 Å². The highest BCUT2D eigenvalue weighted by molar-refractivity contribution is 5.17. The standard InChI is InChI=1S/C19H23FN2/c20-18-9-7-17(8-10-18)14-22-12-4-11-21-19(15-22)13-16-5-2-1-3-6-16/h1-3,5-10,19,21H,4,11-15H2. The summed E-state index contributed by atoms with van der Waals surface area (Å²) in [6, 6.07) is 18.0. The second kappa shape index (κ2) is 7.52. The van der Waals surface area contributed by atoms with Crippen LogP contribution >= 0.6 is 0 Å². The summed E-state index contributed by atoms with van der Waals surface area (Å²) in [4.78, 5) is 2.47. The van der Waals surface area contributed by atoms with E-state index in [4.69, 9.17) is 0 Å². The van der Waals surface area contributed by atoms with Crippen LogP contribution in [0.4, 0.5) is 4.39 Å². The van der Waals surface area contributed by atoms with E-state index >= 15 is 0 Å². The lowest BCUT2D eigenvalue weighted by Gasteiger charge is -2.24. The molecule has 0 radical (unpaired) electrons. The summed E-state index contributed by atoms with van der Waals surface area (Å²) < 4.78 is 13.0. The van der Waals surface area contributed by atoms with E-state index in [9.17, 15) is 4.39 Å². The van der Waals surface area contributed by atoms with Crippen molar-refractivity contribution in [1.82, 2.24) is 10.2 Å². The lowest BCUT2D eigenvalue weighted by Crippen LogP contribution is -2.38. The maximum Gasteiger partial charge on any atom is 0.123 e. The summed E-state index contributed by atoms with van der Waals surface area (Å²) >= 11 is 0. The summed E-state index contributed by atoms with van der Waals surface area (Å²) in [7, 11) is 0. The molecule has 22 heavy (non-hydrogen) atoms. The third-order valence-corrected chi connectivity index (χ3v) is 4.21. The molecule has 1 atom stereocenters. The smallest absolute Gasteiger partial charge is 0.123 e. The van der Waals surface area contributed by atoms with Crippen LogP contribution in [0.5, 0.6) is 0 Å². The van der Waals surface area contributed by atoms with Gasteiger partial charge in [0.1, 0.15) is 5.82 Å². The Kier molecular flexibility index (Phi) is 5.20. The molecule has 0 saturated carbocycles. The molecule has 1 fully saturated rings. The Morgan fingerprint density at radius 2 is 1.77 bits per heavy atom. The minimum atomic E-state index is -0.164. The van der Waals surface area contributed by atoms with E-state index in [1.165, 1.54) is 11.1 Å². The van der Waals surface area contributed by atoms with Crippen LogP contribution < -0.4 is 5.32 Å². The molecule has 0 amide bonds. The molecule has 1 aliphatic rings. The van der Waals surface area contributed by atoms with Gasteiger partial charge in [0.05, 0.1) is 0 Å². The number of nitrogens with zero attached hydrogens (tertiary/aromatic N) is 1. The van der Waals surface area contributed by atoms with Crippen LogP contribution in [0.25, 0.3) is 0 Å². The molecular weight excluding hydrogens is 275 g/mol. The zero-order chi connectivity index (χ0) is 15.2. The fourth-order valence-corrected chi connectivity index (χ4v) is 3.10. The zero-order valence-corrected chi connectivity index (χ0v) is 12.8. The van der Waals surface area contributed by atoms with Gasteiger partial charge in [0.2, 0.25) is 0 Å². The summed E-state index contributed by atoms with van der Waals surface area (Å²) in [6.45, 7) is 4.09. The Bertz CT molecular complexity index is 568. The van der Waals surface area contributed by atoms with Crippen molar-refractivity contribution in [2.24, 2.45) is 0 Å². The third-order valence-electron chi connectivity index (χ3n) is 4.21. The van der Waals surface area contributed by atoms with E-state index in [1.54, 1.807) is 12.1 Å². The average Bonchev–Trinajstić information content (AvgIpc) is 2.76. The van der Waals surface area contributed by atoms with Crippen LogP contribution in [0.2, 0.25) is 0 Å². The van der Waals surface area contributed by atoms with Crippen LogP contribution in [0.1, 0.15) is 17.5 Å². The molecule has 3 heteroatoms.